The number of hydrogen-bond acceptors (Lipinski definition) is 1. The molecule has 1 aliphatic heterocycles. The first-order chi connectivity index (χ1) is 8.63. The molecule has 0 saturated carbocycles. The fourth-order valence-corrected chi connectivity index (χ4v) is 2.49. The van der Waals surface area contributed by atoms with Gasteiger partial charge in [-0.25, -0.2) is 0 Å². The maximum Gasteiger partial charge on any atom is 0.0824 e. The zero-order valence-corrected chi connectivity index (χ0v) is 11.7. The minimum atomic E-state index is 0.00629. The fourth-order valence-electron chi connectivity index (χ4n) is 2.49. The maximum atomic E-state index is 3.53. The van der Waals surface area contributed by atoms with Crippen LogP contribution in [0.2, 0.25) is 0 Å². The van der Waals surface area contributed by atoms with Gasteiger partial charge in [0.25, 0.3) is 0 Å². The summed E-state index contributed by atoms with van der Waals surface area (Å²) in [6.07, 6.45) is 2.63. The lowest BCUT2D eigenvalue weighted by atomic mass is 9.87. The largest absolute Gasteiger partial charge is 0.287 e. The van der Waals surface area contributed by atoms with Crippen molar-refractivity contribution in [2.75, 3.05) is 13.1 Å². The topological polar surface area (TPSA) is 3.24 Å². The molecular weight excluding hydrogens is 218 g/mol. The zero-order valence-electron chi connectivity index (χ0n) is 11.7. The summed E-state index contributed by atoms with van der Waals surface area (Å²) in [4.78, 5) is 2.55. The molecule has 0 spiro atoms. The van der Waals surface area contributed by atoms with E-state index in [4.69, 9.17) is 0 Å². The summed E-state index contributed by atoms with van der Waals surface area (Å²) in [7, 11) is 0. The monoisotopic (exact) mass is 241 g/mol. The van der Waals surface area contributed by atoms with Crippen molar-refractivity contribution < 1.29 is 0 Å². The number of benzene rings is 1. The molecule has 18 heavy (non-hydrogen) atoms. The van der Waals surface area contributed by atoms with Gasteiger partial charge >= 0.3 is 0 Å². The van der Waals surface area contributed by atoms with Crippen molar-refractivity contribution in [1.29, 1.82) is 0 Å². The van der Waals surface area contributed by atoms with Gasteiger partial charge in [-0.05, 0) is 50.9 Å². The Kier molecular flexibility index (Phi) is 4.09. The SMILES string of the molecule is CC(C)C(C)(C#Cc1ccccc1)N1CCCC1. The Labute approximate surface area is 111 Å². The van der Waals surface area contributed by atoms with Gasteiger partial charge in [-0.3, -0.25) is 4.90 Å². The highest BCUT2D eigenvalue weighted by Gasteiger charge is 2.34. The van der Waals surface area contributed by atoms with E-state index in [0.717, 1.165) is 5.56 Å². The molecule has 0 bridgehead atoms. The molecule has 1 heterocycles. The number of rotatable bonds is 2. The lowest BCUT2D eigenvalue weighted by Crippen LogP contribution is -2.47. The van der Waals surface area contributed by atoms with Gasteiger partial charge in [-0.1, -0.05) is 43.9 Å². The van der Waals surface area contributed by atoms with Crippen molar-refractivity contribution >= 4 is 0 Å². The lowest BCUT2D eigenvalue weighted by molar-refractivity contribution is 0.143. The Morgan fingerprint density at radius 3 is 2.28 bits per heavy atom. The molecule has 0 N–H and O–H groups in total. The summed E-state index contributed by atoms with van der Waals surface area (Å²) in [5.74, 6) is 7.43. The Morgan fingerprint density at radius 1 is 1.11 bits per heavy atom. The molecule has 0 radical (unpaired) electrons. The van der Waals surface area contributed by atoms with Crippen molar-refractivity contribution in [3.63, 3.8) is 0 Å². The molecule has 1 unspecified atom stereocenters. The van der Waals surface area contributed by atoms with Gasteiger partial charge in [-0.2, -0.15) is 0 Å². The maximum absolute atomic E-state index is 3.53. The summed E-state index contributed by atoms with van der Waals surface area (Å²) in [6, 6.07) is 10.3. The average molecular weight is 241 g/mol. The van der Waals surface area contributed by atoms with Crippen LogP contribution in [-0.4, -0.2) is 23.5 Å². The van der Waals surface area contributed by atoms with Crippen LogP contribution in [-0.2, 0) is 0 Å². The van der Waals surface area contributed by atoms with Crippen molar-refractivity contribution in [1.82, 2.24) is 4.90 Å². The van der Waals surface area contributed by atoms with E-state index in [2.05, 4.69) is 49.6 Å². The van der Waals surface area contributed by atoms with Gasteiger partial charge in [0.15, 0.2) is 0 Å². The molecule has 1 nitrogen and oxygen atoms in total. The van der Waals surface area contributed by atoms with Gasteiger partial charge in [0.2, 0.25) is 0 Å². The smallest absolute Gasteiger partial charge is 0.0824 e. The van der Waals surface area contributed by atoms with E-state index < -0.39 is 0 Å². The summed E-state index contributed by atoms with van der Waals surface area (Å²) in [5, 5.41) is 0. The molecule has 0 aromatic heterocycles. The van der Waals surface area contributed by atoms with Crippen molar-refractivity contribution in [3.8, 4) is 11.8 Å². The van der Waals surface area contributed by atoms with Gasteiger partial charge in [0.1, 0.15) is 0 Å². The number of hydrogen-bond donors (Lipinski definition) is 0. The quantitative estimate of drug-likeness (QED) is 0.716. The zero-order chi connectivity index (χ0) is 13.0. The third-order valence-electron chi connectivity index (χ3n) is 4.12. The molecule has 1 atom stereocenters. The van der Waals surface area contributed by atoms with E-state index >= 15 is 0 Å². The standard InChI is InChI=1S/C17H23N/c1-15(2)17(3,18-13-7-8-14-18)12-11-16-9-5-4-6-10-16/h4-6,9-10,15H,7-8,13-14H2,1-3H3. The summed E-state index contributed by atoms with van der Waals surface area (Å²) in [6.45, 7) is 9.23. The molecule has 1 saturated heterocycles. The average Bonchev–Trinajstić information content (AvgIpc) is 2.91. The highest BCUT2D eigenvalue weighted by Crippen LogP contribution is 2.28. The van der Waals surface area contributed by atoms with E-state index in [1.54, 1.807) is 0 Å². The van der Waals surface area contributed by atoms with E-state index in [-0.39, 0.29) is 5.54 Å². The van der Waals surface area contributed by atoms with E-state index in [1.165, 1.54) is 25.9 Å². The molecule has 0 aliphatic carbocycles. The van der Waals surface area contributed by atoms with Gasteiger partial charge in [-0.15, -0.1) is 0 Å². The van der Waals surface area contributed by atoms with Crippen molar-refractivity contribution in [2.24, 2.45) is 5.92 Å². The van der Waals surface area contributed by atoms with Gasteiger partial charge in [0.05, 0.1) is 5.54 Å². The third kappa shape index (κ3) is 2.76. The molecule has 1 fully saturated rings. The van der Waals surface area contributed by atoms with E-state index in [1.807, 2.05) is 18.2 Å². The molecular formula is C17H23N. The van der Waals surface area contributed by atoms with Gasteiger partial charge < -0.3 is 0 Å². The first-order valence-electron chi connectivity index (χ1n) is 6.96. The van der Waals surface area contributed by atoms with Crippen LogP contribution in [0.5, 0.6) is 0 Å². The summed E-state index contributed by atoms with van der Waals surface area (Å²) >= 11 is 0. The Morgan fingerprint density at radius 2 is 1.72 bits per heavy atom. The van der Waals surface area contributed by atoms with E-state index in [9.17, 15) is 0 Å². The Balaban J connectivity index is 2.23. The molecule has 96 valence electrons. The molecule has 1 heteroatoms. The van der Waals surface area contributed by atoms with Crippen LogP contribution in [0.4, 0.5) is 0 Å². The second-order valence-corrected chi connectivity index (χ2v) is 5.61. The van der Waals surface area contributed by atoms with Crippen LogP contribution in [0, 0.1) is 17.8 Å². The fraction of sp³-hybridized carbons (Fsp3) is 0.529. The van der Waals surface area contributed by atoms with Crippen LogP contribution in [0.15, 0.2) is 30.3 Å². The Bertz CT molecular complexity index is 432. The minimum absolute atomic E-state index is 0.00629. The first-order valence-corrected chi connectivity index (χ1v) is 6.96. The van der Waals surface area contributed by atoms with Crippen molar-refractivity contribution in [3.05, 3.63) is 35.9 Å². The van der Waals surface area contributed by atoms with Crippen LogP contribution in [0.1, 0.15) is 39.2 Å². The molecule has 1 aromatic carbocycles. The van der Waals surface area contributed by atoms with Gasteiger partial charge in [0, 0.05) is 5.56 Å². The predicted octanol–water partition coefficient (Wildman–Crippen LogP) is 3.55. The van der Waals surface area contributed by atoms with Crippen LogP contribution < -0.4 is 0 Å². The van der Waals surface area contributed by atoms with Crippen LogP contribution in [0.3, 0.4) is 0 Å². The predicted molar refractivity (Wildman–Crippen MR) is 77.4 cm³/mol. The summed E-state index contributed by atoms with van der Waals surface area (Å²) < 4.78 is 0. The second kappa shape index (κ2) is 5.59. The molecule has 0 amide bonds. The second-order valence-electron chi connectivity index (χ2n) is 5.61. The van der Waals surface area contributed by atoms with E-state index in [0.29, 0.717) is 5.92 Å². The third-order valence-corrected chi connectivity index (χ3v) is 4.12. The molecule has 1 aliphatic rings. The lowest BCUT2D eigenvalue weighted by Gasteiger charge is -2.37. The molecule has 1 aromatic rings. The number of nitrogens with zero attached hydrogens (tertiary/aromatic N) is 1. The molecule has 2 rings (SSSR count). The van der Waals surface area contributed by atoms with Crippen LogP contribution >= 0.6 is 0 Å². The number of likely N-dealkylation sites (tertiary alicyclic amines) is 1. The summed E-state index contributed by atoms with van der Waals surface area (Å²) in [5.41, 5.74) is 1.12. The highest BCUT2D eigenvalue weighted by molar-refractivity contribution is 5.36. The Hall–Kier alpha value is -1.26. The minimum Gasteiger partial charge on any atom is -0.287 e. The normalized spacial score (nSPS) is 19.3. The highest BCUT2D eigenvalue weighted by atomic mass is 15.2. The first kappa shape index (κ1) is 13.2. The van der Waals surface area contributed by atoms with Crippen molar-refractivity contribution in [2.45, 2.75) is 39.2 Å². The van der Waals surface area contributed by atoms with Crippen LogP contribution in [0.25, 0.3) is 0 Å².